The van der Waals surface area contributed by atoms with Gasteiger partial charge in [0.15, 0.2) is 0 Å². The van der Waals surface area contributed by atoms with Crippen molar-refractivity contribution in [1.82, 2.24) is 0 Å². The van der Waals surface area contributed by atoms with Crippen LogP contribution >= 0.6 is 0 Å². The average Bonchev–Trinajstić information content (AvgIpc) is 3.04. The molecule has 0 heterocycles. The number of carboxylic acid groups (broad SMARTS) is 1. The Kier molecular flexibility index (Phi) is 16.5. The van der Waals surface area contributed by atoms with Crippen LogP contribution in [0.3, 0.4) is 0 Å². The van der Waals surface area contributed by atoms with Crippen molar-refractivity contribution in [2.45, 2.75) is 89.1 Å². The number of carboxylic acids is 1. The second-order valence-corrected chi connectivity index (χ2v) is 19.7. The summed E-state index contributed by atoms with van der Waals surface area (Å²) in [6.07, 6.45) is 4.60. The van der Waals surface area contributed by atoms with Gasteiger partial charge in [-0.05, 0) is 114 Å². The van der Waals surface area contributed by atoms with E-state index in [9.17, 15) is 18.0 Å². The van der Waals surface area contributed by atoms with Gasteiger partial charge in [0.2, 0.25) is 5.91 Å². The lowest BCUT2D eigenvalue weighted by molar-refractivity contribution is -0.141. The summed E-state index contributed by atoms with van der Waals surface area (Å²) in [6.45, 7) is 15.2. The second kappa shape index (κ2) is 19.6. The molecule has 4 atom stereocenters. The first kappa shape index (κ1) is 44.7. The Morgan fingerprint density at radius 3 is 1.36 bits per heavy atom. The minimum atomic E-state index is -2.46. The summed E-state index contributed by atoms with van der Waals surface area (Å²) < 4.78 is 33.8. The highest BCUT2D eigenvalue weighted by atomic mass is 32.2. The summed E-state index contributed by atoms with van der Waals surface area (Å²) in [5.74, 6) is -1.20. The Balaban J connectivity index is 0.000000304. The molecule has 0 fully saturated rings. The van der Waals surface area contributed by atoms with Gasteiger partial charge in [-0.2, -0.15) is 0 Å². The van der Waals surface area contributed by atoms with Crippen LogP contribution in [0.5, 0.6) is 0 Å². The van der Waals surface area contributed by atoms with E-state index in [0.29, 0.717) is 29.1 Å². The molecule has 0 spiro atoms. The first-order valence-electron chi connectivity index (χ1n) is 17.5. The second-order valence-electron chi connectivity index (χ2n) is 15.2. The van der Waals surface area contributed by atoms with Crippen LogP contribution in [-0.4, -0.2) is 49.0 Å². The Morgan fingerprint density at radius 2 is 1.00 bits per heavy atom. The van der Waals surface area contributed by atoms with Crippen LogP contribution in [0, 0.1) is 11.8 Å². The molecule has 4 N–H and O–H groups in total. The van der Waals surface area contributed by atoms with Crippen LogP contribution in [-0.2, 0) is 41.9 Å². The van der Waals surface area contributed by atoms with Crippen LogP contribution in [0.1, 0.15) is 66.5 Å². The summed E-state index contributed by atoms with van der Waals surface area (Å²) >= 11 is 0. The fraction of sp³-hybridized carbons (Fsp3) is 0.381. The molecule has 0 saturated carbocycles. The van der Waals surface area contributed by atoms with Gasteiger partial charge in [0.25, 0.3) is 0 Å². The van der Waals surface area contributed by atoms with E-state index in [4.69, 9.17) is 10.8 Å². The number of nitrogen functional groups attached to an aromatic ring is 1. The van der Waals surface area contributed by atoms with E-state index in [1.807, 2.05) is 109 Å². The fourth-order valence-electron chi connectivity index (χ4n) is 5.04. The van der Waals surface area contributed by atoms with Crippen molar-refractivity contribution < 1.29 is 23.1 Å². The molecule has 1 amide bonds. The summed E-state index contributed by atoms with van der Waals surface area (Å²) in [5.41, 5.74) is 8.49. The third kappa shape index (κ3) is 17.3. The standard InChI is InChI=1S/C21H28N2O2S.C11H18N2OS.C10H12O2/c1-16(15-17-9-7-6-8-10-17)20(24)22-18-11-13-19(14-12-18)26(5,25)23-21(2,3)4;1-11(2,3)13-15(4,14)10-7-5-9(12)6-8-10;1-8(10(11)12)7-9-5-3-2-4-6-9/h6-14,16H,15H2,1-5H3,(H,22,24);5-8H,12H2,1-4H3;2-6,8H,7H2,1H3,(H,11,12)/t16-,26?;;8-/m0.0/s1. The van der Waals surface area contributed by atoms with Crippen molar-refractivity contribution >= 4 is 42.7 Å². The Hall–Kier alpha value is -4.48. The quantitative estimate of drug-likeness (QED) is 0.145. The maximum atomic E-state index is 12.8. The zero-order valence-corrected chi connectivity index (χ0v) is 34.5. The topological polar surface area (TPSA) is 151 Å². The molecule has 0 bridgehead atoms. The van der Waals surface area contributed by atoms with Gasteiger partial charge in [0.1, 0.15) is 0 Å². The lowest BCUT2D eigenvalue weighted by Gasteiger charge is -2.16. The van der Waals surface area contributed by atoms with Crippen molar-refractivity contribution in [2.24, 2.45) is 20.6 Å². The average molecular weight is 763 g/mol. The van der Waals surface area contributed by atoms with Crippen LogP contribution in [0.15, 0.2) is 128 Å². The third-order valence-electron chi connectivity index (χ3n) is 7.41. The predicted molar refractivity (Wildman–Crippen MR) is 221 cm³/mol. The number of nitrogens with zero attached hydrogens (tertiary/aromatic N) is 2. The monoisotopic (exact) mass is 762 g/mol. The van der Waals surface area contributed by atoms with E-state index in [1.165, 1.54) is 0 Å². The number of anilines is 2. The van der Waals surface area contributed by atoms with E-state index in [0.717, 1.165) is 16.0 Å². The Labute approximate surface area is 318 Å². The van der Waals surface area contributed by atoms with Gasteiger partial charge < -0.3 is 16.2 Å². The van der Waals surface area contributed by atoms with E-state index < -0.39 is 25.4 Å². The SMILES string of the molecule is CC(C)(C)N=S(C)(=O)c1ccc(N)cc1.C[C@@H](Cc1ccccc1)C(=O)Nc1ccc(S(C)(=O)=NC(C)(C)C)cc1.C[C@@H](Cc1ccccc1)C(=O)O. The molecule has 53 heavy (non-hydrogen) atoms. The van der Waals surface area contributed by atoms with Crippen molar-refractivity contribution in [1.29, 1.82) is 0 Å². The van der Waals surface area contributed by atoms with Gasteiger partial charge in [0, 0.05) is 39.6 Å². The van der Waals surface area contributed by atoms with Crippen molar-refractivity contribution in [3.05, 3.63) is 120 Å². The molecule has 4 rings (SSSR count). The fourth-order valence-corrected chi connectivity index (χ4v) is 8.63. The minimum Gasteiger partial charge on any atom is -0.481 e. The third-order valence-corrected chi connectivity index (χ3v) is 11.5. The lowest BCUT2D eigenvalue weighted by Crippen LogP contribution is -2.22. The molecule has 0 aliphatic carbocycles. The number of aliphatic carboxylic acids is 1. The van der Waals surface area contributed by atoms with E-state index in [1.54, 1.807) is 68.0 Å². The number of benzene rings is 4. The number of hydrogen-bond donors (Lipinski definition) is 3. The zero-order valence-electron chi connectivity index (χ0n) is 32.8. The number of amides is 1. The number of rotatable bonds is 9. The summed E-state index contributed by atoms with van der Waals surface area (Å²) in [5, 5.41) is 11.6. The highest BCUT2D eigenvalue weighted by molar-refractivity contribution is 7.93. The molecule has 0 aliphatic heterocycles. The summed E-state index contributed by atoms with van der Waals surface area (Å²) in [6, 6.07) is 33.8. The number of carbonyl (C=O) groups excluding carboxylic acids is 1. The minimum absolute atomic E-state index is 0.0294. The highest BCUT2D eigenvalue weighted by Gasteiger charge is 2.17. The first-order valence-corrected chi connectivity index (χ1v) is 21.4. The number of nitrogens with one attached hydrogen (secondary N) is 1. The Morgan fingerprint density at radius 1 is 0.642 bits per heavy atom. The molecule has 2 unspecified atom stereocenters. The number of carbonyl (C=O) groups is 2. The van der Waals surface area contributed by atoms with E-state index in [2.05, 4.69) is 14.0 Å². The summed E-state index contributed by atoms with van der Waals surface area (Å²) in [7, 11) is -4.77. The van der Waals surface area contributed by atoms with E-state index in [-0.39, 0.29) is 28.8 Å². The van der Waals surface area contributed by atoms with Gasteiger partial charge in [0.05, 0.1) is 36.5 Å². The van der Waals surface area contributed by atoms with Crippen molar-refractivity contribution in [2.75, 3.05) is 23.6 Å². The molecule has 0 aromatic heterocycles. The predicted octanol–water partition coefficient (Wildman–Crippen LogP) is 9.23. The normalized spacial score (nSPS) is 14.6. The molecule has 9 nitrogen and oxygen atoms in total. The molecular weight excluding hydrogens is 705 g/mol. The van der Waals surface area contributed by atoms with Gasteiger partial charge in [-0.15, -0.1) is 0 Å². The Bertz CT molecular complexity index is 2000. The van der Waals surface area contributed by atoms with Crippen LogP contribution in [0.2, 0.25) is 0 Å². The van der Waals surface area contributed by atoms with Crippen molar-refractivity contribution in [3.8, 4) is 0 Å². The van der Waals surface area contributed by atoms with Crippen LogP contribution < -0.4 is 11.1 Å². The van der Waals surface area contributed by atoms with Gasteiger partial charge in [-0.1, -0.05) is 74.5 Å². The molecule has 0 aliphatic rings. The molecule has 4 aromatic carbocycles. The van der Waals surface area contributed by atoms with E-state index >= 15 is 0 Å². The molecule has 0 radical (unpaired) electrons. The smallest absolute Gasteiger partial charge is 0.306 e. The van der Waals surface area contributed by atoms with Crippen LogP contribution in [0.25, 0.3) is 0 Å². The maximum Gasteiger partial charge on any atom is 0.306 e. The number of hydrogen-bond acceptors (Lipinski definition) is 7. The number of nitrogens with two attached hydrogens (primary N) is 1. The van der Waals surface area contributed by atoms with Gasteiger partial charge >= 0.3 is 5.97 Å². The lowest BCUT2D eigenvalue weighted by atomic mass is 10.0. The van der Waals surface area contributed by atoms with Crippen LogP contribution in [0.4, 0.5) is 11.4 Å². The molecule has 11 heteroatoms. The first-order chi connectivity index (χ1) is 24.5. The highest BCUT2D eigenvalue weighted by Crippen LogP contribution is 2.21. The zero-order chi connectivity index (χ0) is 40.0. The summed E-state index contributed by atoms with van der Waals surface area (Å²) in [4.78, 5) is 24.3. The molecule has 288 valence electrons. The molecular formula is C42H58N4O5S2. The van der Waals surface area contributed by atoms with Gasteiger partial charge in [-0.25, -0.2) is 17.1 Å². The van der Waals surface area contributed by atoms with Crippen molar-refractivity contribution in [3.63, 3.8) is 0 Å². The molecule has 4 aromatic rings. The maximum absolute atomic E-state index is 12.8. The largest absolute Gasteiger partial charge is 0.481 e. The van der Waals surface area contributed by atoms with Gasteiger partial charge in [-0.3, -0.25) is 9.59 Å². The molecule has 0 saturated heterocycles.